The highest BCUT2D eigenvalue weighted by Gasteiger charge is 2.16. The lowest BCUT2D eigenvalue weighted by Crippen LogP contribution is -2.21. The molecule has 0 N–H and O–H groups in total. The van der Waals surface area contributed by atoms with Crippen molar-refractivity contribution < 1.29 is 9.15 Å². The van der Waals surface area contributed by atoms with E-state index in [2.05, 4.69) is 37.8 Å². The van der Waals surface area contributed by atoms with Crippen LogP contribution in [-0.4, -0.2) is 20.2 Å². The number of benzene rings is 2. The second-order valence-corrected chi connectivity index (χ2v) is 6.18. The zero-order chi connectivity index (χ0) is 18.7. The molecule has 0 aliphatic rings. The minimum Gasteiger partial charge on any atom is -0.497 e. The van der Waals surface area contributed by atoms with E-state index in [9.17, 15) is 4.79 Å². The van der Waals surface area contributed by atoms with Crippen LogP contribution in [0.25, 0.3) is 22.1 Å². The van der Waals surface area contributed by atoms with Gasteiger partial charge in [-0.3, -0.25) is 0 Å². The summed E-state index contributed by atoms with van der Waals surface area (Å²) in [4.78, 5) is 15.0. The Balaban J connectivity index is 2.20. The number of anilines is 1. The molecule has 0 atom stereocenters. The number of methoxy groups -OCH3 is 1. The van der Waals surface area contributed by atoms with Gasteiger partial charge in [-0.05, 0) is 55.7 Å². The zero-order valence-corrected chi connectivity index (χ0v) is 15.8. The van der Waals surface area contributed by atoms with Gasteiger partial charge in [-0.15, -0.1) is 0 Å². The molecule has 0 unspecified atom stereocenters. The Morgan fingerprint density at radius 3 is 2.27 bits per heavy atom. The van der Waals surface area contributed by atoms with Crippen molar-refractivity contribution in [1.82, 2.24) is 0 Å². The van der Waals surface area contributed by atoms with Crippen molar-refractivity contribution in [3.8, 4) is 16.9 Å². The van der Waals surface area contributed by atoms with Crippen LogP contribution in [0.2, 0.25) is 0 Å². The van der Waals surface area contributed by atoms with Gasteiger partial charge in [0.1, 0.15) is 11.3 Å². The number of hydrogen-bond acceptors (Lipinski definition) is 4. The Morgan fingerprint density at radius 2 is 1.69 bits per heavy atom. The van der Waals surface area contributed by atoms with Crippen LogP contribution in [0, 0.1) is 0 Å². The molecular weight excluding hydrogens is 326 g/mol. The van der Waals surface area contributed by atoms with E-state index in [0.717, 1.165) is 47.5 Å². The third-order valence-corrected chi connectivity index (χ3v) is 4.86. The average molecular weight is 351 g/mol. The van der Waals surface area contributed by atoms with Gasteiger partial charge in [-0.25, -0.2) is 4.79 Å². The first-order chi connectivity index (χ1) is 12.6. The Hall–Kier alpha value is -2.75. The molecule has 3 rings (SSSR count). The summed E-state index contributed by atoms with van der Waals surface area (Å²) in [6.45, 7) is 8.13. The van der Waals surface area contributed by atoms with Crippen LogP contribution in [0.4, 0.5) is 5.69 Å². The number of aryl methyl sites for hydroxylation is 1. The first-order valence-electron chi connectivity index (χ1n) is 9.12. The molecule has 136 valence electrons. The second-order valence-electron chi connectivity index (χ2n) is 6.18. The molecule has 4 heteroatoms. The molecule has 1 aromatic heterocycles. The van der Waals surface area contributed by atoms with Crippen molar-refractivity contribution in [3.05, 3.63) is 58.4 Å². The summed E-state index contributed by atoms with van der Waals surface area (Å²) in [6.07, 6.45) is 0.758. The monoisotopic (exact) mass is 351 g/mol. The fraction of sp³-hybridized carbons (Fsp3) is 0.318. The van der Waals surface area contributed by atoms with Crippen LogP contribution in [0.1, 0.15) is 26.3 Å². The SMILES string of the molecule is CCc1c(-c2ccc(OC)cc2)c(=O)oc2cc(N(CC)CC)ccc12. The summed E-state index contributed by atoms with van der Waals surface area (Å²) in [6, 6.07) is 13.7. The molecular formula is C22H25NO3. The maximum atomic E-state index is 12.8. The minimum absolute atomic E-state index is 0.295. The molecule has 0 aliphatic heterocycles. The van der Waals surface area contributed by atoms with Crippen molar-refractivity contribution >= 4 is 16.7 Å². The number of nitrogens with zero attached hydrogens (tertiary/aromatic N) is 1. The maximum Gasteiger partial charge on any atom is 0.344 e. The van der Waals surface area contributed by atoms with Crippen LogP contribution in [0.3, 0.4) is 0 Å². The molecule has 0 aliphatic carbocycles. The molecule has 0 radical (unpaired) electrons. The van der Waals surface area contributed by atoms with E-state index in [0.29, 0.717) is 11.1 Å². The van der Waals surface area contributed by atoms with Crippen LogP contribution in [0.5, 0.6) is 5.75 Å². The molecule has 0 saturated heterocycles. The quantitative estimate of drug-likeness (QED) is 0.594. The van der Waals surface area contributed by atoms with Gasteiger partial charge >= 0.3 is 5.63 Å². The van der Waals surface area contributed by atoms with Gasteiger partial charge < -0.3 is 14.1 Å². The molecule has 0 fully saturated rings. The second kappa shape index (κ2) is 7.65. The highest BCUT2D eigenvalue weighted by molar-refractivity contribution is 5.89. The van der Waals surface area contributed by atoms with Crippen LogP contribution in [0.15, 0.2) is 51.7 Å². The third-order valence-electron chi connectivity index (χ3n) is 4.86. The Kier molecular flexibility index (Phi) is 5.31. The molecule has 0 saturated carbocycles. The number of rotatable bonds is 6. The minimum atomic E-state index is -0.295. The van der Waals surface area contributed by atoms with Crippen molar-refractivity contribution in [3.63, 3.8) is 0 Å². The Bertz CT molecular complexity index is 954. The largest absolute Gasteiger partial charge is 0.497 e. The summed E-state index contributed by atoms with van der Waals surface area (Å²) in [5, 5.41) is 0.994. The van der Waals surface area contributed by atoms with Gasteiger partial charge in [-0.2, -0.15) is 0 Å². The van der Waals surface area contributed by atoms with Crippen LogP contribution < -0.4 is 15.3 Å². The fourth-order valence-corrected chi connectivity index (χ4v) is 3.46. The summed E-state index contributed by atoms with van der Waals surface area (Å²) in [5.41, 5.74) is 3.94. The number of hydrogen-bond donors (Lipinski definition) is 0. The van der Waals surface area contributed by atoms with Gasteiger partial charge in [0.05, 0.1) is 12.7 Å². The smallest absolute Gasteiger partial charge is 0.344 e. The number of ether oxygens (including phenoxy) is 1. The summed E-state index contributed by atoms with van der Waals surface area (Å²) < 4.78 is 10.9. The topological polar surface area (TPSA) is 42.7 Å². The van der Waals surface area contributed by atoms with Crippen molar-refractivity contribution in [1.29, 1.82) is 0 Å². The Labute approximate surface area is 154 Å². The van der Waals surface area contributed by atoms with E-state index in [1.807, 2.05) is 30.3 Å². The molecule has 0 spiro atoms. The van der Waals surface area contributed by atoms with Crippen LogP contribution in [-0.2, 0) is 6.42 Å². The molecule has 4 nitrogen and oxygen atoms in total. The molecule has 3 aromatic rings. The fourth-order valence-electron chi connectivity index (χ4n) is 3.46. The van der Waals surface area contributed by atoms with Gasteiger partial charge in [0.2, 0.25) is 0 Å². The van der Waals surface area contributed by atoms with Gasteiger partial charge in [-0.1, -0.05) is 19.1 Å². The normalized spacial score (nSPS) is 10.9. The van der Waals surface area contributed by atoms with Gasteiger partial charge in [0, 0.05) is 30.2 Å². The molecule has 0 bridgehead atoms. The predicted molar refractivity (Wildman–Crippen MR) is 107 cm³/mol. The first-order valence-corrected chi connectivity index (χ1v) is 9.12. The van der Waals surface area contributed by atoms with E-state index < -0.39 is 0 Å². The predicted octanol–water partition coefficient (Wildman–Crippen LogP) is 4.88. The summed E-state index contributed by atoms with van der Waals surface area (Å²) in [5.74, 6) is 0.765. The lowest BCUT2D eigenvalue weighted by Gasteiger charge is -2.21. The van der Waals surface area contributed by atoms with E-state index in [1.54, 1.807) is 7.11 Å². The van der Waals surface area contributed by atoms with E-state index in [4.69, 9.17) is 9.15 Å². The first kappa shape index (κ1) is 18.1. The lowest BCUT2D eigenvalue weighted by atomic mass is 9.96. The highest BCUT2D eigenvalue weighted by atomic mass is 16.5. The van der Waals surface area contributed by atoms with E-state index >= 15 is 0 Å². The summed E-state index contributed by atoms with van der Waals surface area (Å²) >= 11 is 0. The average Bonchev–Trinajstić information content (AvgIpc) is 2.68. The van der Waals surface area contributed by atoms with E-state index in [1.165, 1.54) is 0 Å². The number of fused-ring (bicyclic) bond motifs is 1. The van der Waals surface area contributed by atoms with Crippen molar-refractivity contribution in [2.24, 2.45) is 0 Å². The highest BCUT2D eigenvalue weighted by Crippen LogP contribution is 2.31. The molecule has 26 heavy (non-hydrogen) atoms. The maximum absolute atomic E-state index is 12.8. The molecule has 1 heterocycles. The molecule has 2 aromatic carbocycles. The summed E-state index contributed by atoms with van der Waals surface area (Å²) in [7, 11) is 1.63. The van der Waals surface area contributed by atoms with Crippen molar-refractivity contribution in [2.45, 2.75) is 27.2 Å². The van der Waals surface area contributed by atoms with E-state index in [-0.39, 0.29) is 5.63 Å². The van der Waals surface area contributed by atoms with Crippen LogP contribution >= 0.6 is 0 Å². The lowest BCUT2D eigenvalue weighted by molar-refractivity contribution is 0.415. The van der Waals surface area contributed by atoms with Crippen molar-refractivity contribution in [2.75, 3.05) is 25.1 Å². The third kappa shape index (κ3) is 3.19. The zero-order valence-electron chi connectivity index (χ0n) is 15.8. The molecule has 0 amide bonds. The van der Waals surface area contributed by atoms with Gasteiger partial charge in [0.25, 0.3) is 0 Å². The standard InChI is InChI=1S/C22H25NO3/c1-5-18-19-13-10-16(23(6-2)7-3)14-20(19)26-22(24)21(18)15-8-11-17(25-4)12-9-15/h8-14H,5-7H2,1-4H3. The Morgan fingerprint density at radius 1 is 1.00 bits per heavy atom. The van der Waals surface area contributed by atoms with Gasteiger partial charge in [0.15, 0.2) is 0 Å².